The summed E-state index contributed by atoms with van der Waals surface area (Å²) in [6, 6.07) is 4.38. The summed E-state index contributed by atoms with van der Waals surface area (Å²) in [4.78, 5) is 27.2. The van der Waals surface area contributed by atoms with Crippen LogP contribution in [0, 0.1) is 0 Å². The van der Waals surface area contributed by atoms with Gasteiger partial charge in [0, 0.05) is 12.3 Å². The predicted octanol–water partition coefficient (Wildman–Crippen LogP) is 1.95. The minimum absolute atomic E-state index is 0.0174. The molecule has 4 nitrogen and oxygen atoms in total. The molecule has 22 heavy (non-hydrogen) atoms. The topological polar surface area (TPSA) is 40.6 Å². The number of hydrogen-bond acceptors (Lipinski definition) is 3. The number of thioether (sulfide) groups is 1. The number of alkyl halides is 3. The summed E-state index contributed by atoms with van der Waals surface area (Å²) in [6.07, 6.45) is -4.42. The van der Waals surface area contributed by atoms with Crippen molar-refractivity contribution in [2.45, 2.75) is 18.8 Å². The van der Waals surface area contributed by atoms with E-state index in [0.717, 1.165) is 12.1 Å². The Balaban J connectivity index is 1.78. The molecule has 0 N–H and O–H groups in total. The molecule has 0 aromatic heterocycles. The maximum atomic E-state index is 12.7. The van der Waals surface area contributed by atoms with E-state index >= 15 is 0 Å². The lowest BCUT2D eigenvalue weighted by Crippen LogP contribution is -2.57. The van der Waals surface area contributed by atoms with Crippen LogP contribution in [0.1, 0.15) is 11.1 Å². The molecule has 0 bridgehead atoms. The fraction of sp³-hybridized carbons (Fsp3) is 0.429. The number of piperazine rings is 1. The normalized spacial score (nSPS) is 22.2. The molecule has 0 radical (unpaired) electrons. The SMILES string of the molecule is O=C1[C@@H]2CSCN2C(=O)CN1Cc1cccc(C(F)(F)F)c1. The highest BCUT2D eigenvalue weighted by atomic mass is 32.2. The number of carbonyl (C=O) groups excluding carboxylic acids is 2. The van der Waals surface area contributed by atoms with Crippen LogP contribution in [0.15, 0.2) is 24.3 Å². The second-order valence-electron chi connectivity index (χ2n) is 5.27. The van der Waals surface area contributed by atoms with Gasteiger partial charge in [-0.25, -0.2) is 0 Å². The zero-order chi connectivity index (χ0) is 15.9. The van der Waals surface area contributed by atoms with Gasteiger partial charge in [0.1, 0.15) is 12.6 Å². The molecule has 0 aliphatic carbocycles. The van der Waals surface area contributed by atoms with E-state index in [1.54, 1.807) is 0 Å². The van der Waals surface area contributed by atoms with E-state index < -0.39 is 17.8 Å². The lowest BCUT2D eigenvalue weighted by Gasteiger charge is -2.35. The first-order valence-corrected chi connectivity index (χ1v) is 7.84. The number of benzene rings is 1. The molecule has 2 saturated heterocycles. The molecule has 2 aliphatic heterocycles. The third-order valence-corrected chi connectivity index (χ3v) is 4.77. The summed E-state index contributed by atoms with van der Waals surface area (Å²) in [6.45, 7) is -0.0599. The van der Waals surface area contributed by atoms with Crippen molar-refractivity contribution in [3.63, 3.8) is 0 Å². The second kappa shape index (κ2) is 5.49. The molecule has 8 heteroatoms. The van der Waals surface area contributed by atoms with Crippen LogP contribution in [0.25, 0.3) is 0 Å². The summed E-state index contributed by atoms with van der Waals surface area (Å²) in [5.41, 5.74) is -0.381. The van der Waals surface area contributed by atoms with Crippen LogP contribution in [0.2, 0.25) is 0 Å². The van der Waals surface area contributed by atoms with E-state index in [1.807, 2.05) is 0 Å². The lowest BCUT2D eigenvalue weighted by molar-refractivity contribution is -0.153. The average molecular weight is 330 g/mol. The smallest absolute Gasteiger partial charge is 0.327 e. The van der Waals surface area contributed by atoms with Crippen molar-refractivity contribution < 1.29 is 22.8 Å². The Bertz CT molecular complexity index is 620. The summed E-state index contributed by atoms with van der Waals surface area (Å²) in [5, 5.41) is 0. The summed E-state index contributed by atoms with van der Waals surface area (Å²) in [7, 11) is 0. The molecule has 1 aromatic carbocycles. The highest BCUT2D eigenvalue weighted by Gasteiger charge is 2.42. The van der Waals surface area contributed by atoms with Gasteiger partial charge in [0.05, 0.1) is 11.4 Å². The van der Waals surface area contributed by atoms with Crippen LogP contribution >= 0.6 is 11.8 Å². The van der Waals surface area contributed by atoms with Crippen LogP contribution in [0.5, 0.6) is 0 Å². The third kappa shape index (κ3) is 2.79. The minimum Gasteiger partial charge on any atom is -0.327 e. The van der Waals surface area contributed by atoms with E-state index in [9.17, 15) is 22.8 Å². The Labute approximate surface area is 129 Å². The number of nitrogens with zero attached hydrogens (tertiary/aromatic N) is 2. The number of halogens is 3. The molecule has 2 aliphatic rings. The number of carbonyl (C=O) groups is 2. The number of amides is 2. The zero-order valence-electron chi connectivity index (χ0n) is 11.5. The van der Waals surface area contributed by atoms with Crippen LogP contribution < -0.4 is 0 Å². The van der Waals surface area contributed by atoms with Gasteiger partial charge >= 0.3 is 6.18 Å². The van der Waals surface area contributed by atoms with Crippen molar-refractivity contribution in [2.75, 3.05) is 18.2 Å². The molecular weight excluding hydrogens is 317 g/mol. The molecular formula is C14H13F3N2O2S. The van der Waals surface area contributed by atoms with E-state index in [0.29, 0.717) is 17.2 Å². The molecule has 0 spiro atoms. The van der Waals surface area contributed by atoms with Crippen LogP contribution in [0.4, 0.5) is 13.2 Å². The fourth-order valence-electron chi connectivity index (χ4n) is 2.64. The highest BCUT2D eigenvalue weighted by Crippen LogP contribution is 2.30. The van der Waals surface area contributed by atoms with Gasteiger partial charge in [-0.15, -0.1) is 11.8 Å². The molecule has 2 fully saturated rings. The monoisotopic (exact) mass is 330 g/mol. The highest BCUT2D eigenvalue weighted by molar-refractivity contribution is 7.99. The Kier molecular flexibility index (Phi) is 3.80. The Morgan fingerprint density at radius 2 is 2.05 bits per heavy atom. The molecule has 2 heterocycles. The van der Waals surface area contributed by atoms with E-state index in [1.165, 1.54) is 33.7 Å². The molecule has 1 aromatic rings. The molecule has 0 saturated carbocycles. The fourth-order valence-corrected chi connectivity index (χ4v) is 3.81. The van der Waals surface area contributed by atoms with Crippen LogP contribution in [-0.2, 0) is 22.3 Å². The van der Waals surface area contributed by atoms with E-state index in [4.69, 9.17) is 0 Å². The van der Waals surface area contributed by atoms with Gasteiger partial charge in [0.25, 0.3) is 0 Å². The standard InChI is InChI=1S/C14H13F3N2O2S/c15-14(16,17)10-3-1-2-9(4-10)5-18-6-12(20)19-8-22-7-11(19)13(18)21/h1-4,11H,5-8H2/t11-/m0/s1. The molecule has 3 rings (SSSR count). The molecule has 118 valence electrons. The molecule has 2 amide bonds. The van der Waals surface area contributed by atoms with E-state index in [-0.39, 0.29) is 24.9 Å². The van der Waals surface area contributed by atoms with Gasteiger partial charge in [-0.2, -0.15) is 13.2 Å². The summed E-state index contributed by atoms with van der Waals surface area (Å²) < 4.78 is 38.2. The Hall–Kier alpha value is -1.70. The van der Waals surface area contributed by atoms with Gasteiger partial charge in [0.15, 0.2) is 0 Å². The number of rotatable bonds is 2. The Morgan fingerprint density at radius 3 is 2.77 bits per heavy atom. The van der Waals surface area contributed by atoms with Crippen molar-refractivity contribution >= 4 is 23.6 Å². The quantitative estimate of drug-likeness (QED) is 0.832. The first-order valence-electron chi connectivity index (χ1n) is 6.68. The van der Waals surface area contributed by atoms with Crippen molar-refractivity contribution in [1.82, 2.24) is 9.80 Å². The van der Waals surface area contributed by atoms with Gasteiger partial charge in [-0.1, -0.05) is 12.1 Å². The summed E-state index contributed by atoms with van der Waals surface area (Å²) >= 11 is 1.51. The average Bonchev–Trinajstić information content (AvgIpc) is 2.94. The zero-order valence-corrected chi connectivity index (χ0v) is 12.3. The van der Waals surface area contributed by atoms with Gasteiger partial charge in [0.2, 0.25) is 11.8 Å². The minimum atomic E-state index is -4.42. The first kappa shape index (κ1) is 15.2. The number of fused-ring (bicyclic) bond motifs is 1. The van der Waals surface area contributed by atoms with Gasteiger partial charge in [-0.3, -0.25) is 9.59 Å². The number of hydrogen-bond donors (Lipinski definition) is 0. The van der Waals surface area contributed by atoms with Crippen molar-refractivity contribution in [3.8, 4) is 0 Å². The maximum absolute atomic E-state index is 12.7. The molecule has 1 atom stereocenters. The Morgan fingerprint density at radius 1 is 1.27 bits per heavy atom. The van der Waals surface area contributed by atoms with Gasteiger partial charge in [-0.05, 0) is 17.7 Å². The predicted molar refractivity (Wildman–Crippen MR) is 74.8 cm³/mol. The van der Waals surface area contributed by atoms with Crippen molar-refractivity contribution in [2.24, 2.45) is 0 Å². The molecule has 0 unspecified atom stereocenters. The lowest BCUT2D eigenvalue weighted by atomic mass is 10.1. The first-order chi connectivity index (χ1) is 10.4. The largest absolute Gasteiger partial charge is 0.416 e. The maximum Gasteiger partial charge on any atom is 0.416 e. The third-order valence-electron chi connectivity index (χ3n) is 3.75. The summed E-state index contributed by atoms with van der Waals surface area (Å²) in [5.74, 6) is 0.708. The van der Waals surface area contributed by atoms with Gasteiger partial charge < -0.3 is 9.80 Å². The van der Waals surface area contributed by atoms with Crippen LogP contribution in [-0.4, -0.2) is 45.8 Å². The van der Waals surface area contributed by atoms with E-state index in [2.05, 4.69) is 0 Å². The van der Waals surface area contributed by atoms with Crippen molar-refractivity contribution in [1.29, 1.82) is 0 Å². The van der Waals surface area contributed by atoms with Crippen molar-refractivity contribution in [3.05, 3.63) is 35.4 Å². The van der Waals surface area contributed by atoms with Crippen LogP contribution in [0.3, 0.4) is 0 Å². The second-order valence-corrected chi connectivity index (χ2v) is 6.27.